The van der Waals surface area contributed by atoms with Gasteiger partial charge in [-0.2, -0.15) is 4.80 Å². The van der Waals surface area contributed by atoms with Gasteiger partial charge in [-0.3, -0.25) is 14.5 Å². The monoisotopic (exact) mass is 518 g/mol. The molecule has 0 spiro atoms. The number of tetrazole rings is 1. The lowest BCUT2D eigenvalue weighted by Gasteiger charge is -2.42. The Kier molecular flexibility index (Phi) is 9.16. The molecule has 10 nitrogen and oxygen atoms in total. The summed E-state index contributed by atoms with van der Waals surface area (Å²) in [6.45, 7) is 2.15. The molecule has 3 N–H and O–H groups in total. The highest BCUT2D eigenvalue weighted by Gasteiger charge is 2.42. The molecule has 1 aromatic heterocycles. The van der Waals surface area contributed by atoms with E-state index in [0.29, 0.717) is 43.1 Å². The van der Waals surface area contributed by atoms with Crippen LogP contribution in [0.25, 0.3) is 0 Å². The summed E-state index contributed by atoms with van der Waals surface area (Å²) in [5.74, 6) is 1.00. The van der Waals surface area contributed by atoms with Crippen molar-refractivity contribution >= 4 is 36.8 Å². The van der Waals surface area contributed by atoms with Crippen LogP contribution >= 0.6 is 24.8 Å². The highest BCUT2D eigenvalue weighted by Crippen LogP contribution is 2.40. The smallest absolute Gasteiger partial charge is 0.321 e. The lowest BCUT2D eigenvalue weighted by Crippen LogP contribution is -2.50. The average Bonchev–Trinajstić information content (AvgIpc) is 3.52. The van der Waals surface area contributed by atoms with E-state index in [0.717, 1.165) is 51.0 Å². The summed E-state index contributed by atoms with van der Waals surface area (Å²) in [6, 6.07) is -1.05. The number of aliphatic carboxylic acids is 2. The second-order valence-corrected chi connectivity index (χ2v) is 10.4. The summed E-state index contributed by atoms with van der Waals surface area (Å²) in [5, 5.41) is 35.6. The van der Waals surface area contributed by atoms with Gasteiger partial charge in [0.05, 0.1) is 6.04 Å². The topological polar surface area (TPSA) is 133 Å². The first-order chi connectivity index (χ1) is 15.5. The third-order valence-electron chi connectivity index (χ3n) is 8.36. The highest BCUT2D eigenvalue weighted by molar-refractivity contribution is 5.85. The number of hydrogen-bond donors (Lipinski definition) is 3. The molecule has 0 amide bonds. The lowest BCUT2D eigenvalue weighted by molar-refractivity contribution is -0.143. The Hall–Kier alpha value is -1.49. The van der Waals surface area contributed by atoms with Crippen molar-refractivity contribution in [3.63, 3.8) is 0 Å². The van der Waals surface area contributed by atoms with Crippen molar-refractivity contribution in [1.29, 1.82) is 0 Å². The fourth-order valence-electron chi connectivity index (χ4n) is 6.59. The first kappa shape index (κ1) is 27.1. The van der Waals surface area contributed by atoms with Crippen molar-refractivity contribution in [2.45, 2.75) is 81.8 Å². The summed E-state index contributed by atoms with van der Waals surface area (Å²) in [6.07, 6.45) is 8.96. The molecule has 0 aromatic carbocycles. The van der Waals surface area contributed by atoms with E-state index < -0.39 is 24.0 Å². The van der Waals surface area contributed by atoms with Gasteiger partial charge in [-0.1, -0.05) is 12.8 Å². The summed E-state index contributed by atoms with van der Waals surface area (Å²) >= 11 is 0. The number of halogens is 2. The van der Waals surface area contributed by atoms with Gasteiger partial charge in [-0.05, 0) is 74.5 Å². The van der Waals surface area contributed by atoms with Gasteiger partial charge in [0.25, 0.3) is 0 Å². The zero-order valence-corrected chi connectivity index (χ0v) is 20.9. The van der Waals surface area contributed by atoms with E-state index in [-0.39, 0.29) is 30.9 Å². The largest absolute Gasteiger partial charge is 0.480 e. The minimum Gasteiger partial charge on any atom is -0.480 e. The third kappa shape index (κ3) is 5.66. The van der Waals surface area contributed by atoms with Gasteiger partial charge in [0.15, 0.2) is 5.82 Å². The van der Waals surface area contributed by atoms with Crippen LogP contribution in [0.2, 0.25) is 0 Å². The van der Waals surface area contributed by atoms with Gasteiger partial charge in [-0.25, -0.2) is 0 Å². The summed E-state index contributed by atoms with van der Waals surface area (Å²) < 4.78 is 0. The van der Waals surface area contributed by atoms with Crippen LogP contribution in [0.5, 0.6) is 0 Å². The van der Waals surface area contributed by atoms with Crippen molar-refractivity contribution in [3.8, 4) is 0 Å². The van der Waals surface area contributed by atoms with Gasteiger partial charge in [0, 0.05) is 19.0 Å². The Balaban J connectivity index is 0.00000162. The molecule has 0 radical (unpaired) electrons. The number of nitrogens with zero attached hydrogens (tertiary/aromatic N) is 5. The summed E-state index contributed by atoms with van der Waals surface area (Å²) in [5.41, 5.74) is 0. The van der Waals surface area contributed by atoms with Crippen LogP contribution in [0.4, 0.5) is 0 Å². The van der Waals surface area contributed by atoms with Crippen molar-refractivity contribution < 1.29 is 19.8 Å². The number of fused-ring (bicyclic) bond motifs is 1. The normalized spacial score (nSPS) is 34.1. The molecule has 2 aliphatic carbocycles. The molecule has 2 saturated carbocycles. The fourth-order valence-corrected chi connectivity index (χ4v) is 6.59. The maximum absolute atomic E-state index is 12.0. The quantitative estimate of drug-likeness (QED) is 0.518. The Morgan fingerprint density at radius 2 is 1.74 bits per heavy atom. The minimum absolute atomic E-state index is 0. The number of nitrogens with one attached hydrogen (secondary N) is 1. The molecule has 192 valence electrons. The van der Waals surface area contributed by atoms with Crippen LogP contribution in [0.15, 0.2) is 0 Å². The van der Waals surface area contributed by atoms with Crippen molar-refractivity contribution in [2.75, 3.05) is 19.6 Å². The molecule has 4 fully saturated rings. The number of carbonyl (C=O) groups is 2. The standard InChI is InChI=1S/C22H34N6O4.2ClH/c29-21(30)18-8-16-7-13(5-6-15(16)10-23-18)11-27-12-17(9-19(27)22(31)32)28-25-20(24-26-28)14-3-1-2-4-14;;/h13-19,23H,1-12H2,(H,29,30)(H,31,32);2*1H/t13-,15-,16+,17-,18-,19-;;/m0../s1. The zero-order valence-electron chi connectivity index (χ0n) is 19.3. The van der Waals surface area contributed by atoms with Crippen molar-refractivity contribution in [2.24, 2.45) is 17.8 Å². The first-order valence-electron chi connectivity index (χ1n) is 12.2. The van der Waals surface area contributed by atoms with E-state index in [9.17, 15) is 19.8 Å². The molecule has 2 aliphatic heterocycles. The van der Waals surface area contributed by atoms with E-state index in [4.69, 9.17) is 0 Å². The molecule has 2 saturated heterocycles. The van der Waals surface area contributed by atoms with Crippen LogP contribution in [0.3, 0.4) is 0 Å². The van der Waals surface area contributed by atoms with Gasteiger partial charge in [-0.15, -0.1) is 35.0 Å². The number of rotatable bonds is 6. The maximum Gasteiger partial charge on any atom is 0.321 e. The van der Waals surface area contributed by atoms with E-state index >= 15 is 0 Å². The minimum atomic E-state index is -0.787. The Morgan fingerprint density at radius 3 is 2.44 bits per heavy atom. The molecule has 4 aliphatic rings. The predicted molar refractivity (Wildman–Crippen MR) is 129 cm³/mol. The van der Waals surface area contributed by atoms with Crippen LogP contribution in [-0.4, -0.2) is 79.0 Å². The molecule has 6 atom stereocenters. The highest BCUT2D eigenvalue weighted by atomic mass is 35.5. The van der Waals surface area contributed by atoms with Crippen LogP contribution in [0, 0.1) is 17.8 Å². The molecule has 0 bridgehead atoms. The van der Waals surface area contributed by atoms with Gasteiger partial charge in [0.2, 0.25) is 0 Å². The Morgan fingerprint density at radius 1 is 0.971 bits per heavy atom. The molecule has 34 heavy (non-hydrogen) atoms. The molecule has 5 rings (SSSR count). The Bertz CT molecular complexity index is 851. The van der Waals surface area contributed by atoms with E-state index in [1.807, 2.05) is 0 Å². The second kappa shape index (κ2) is 11.5. The molecular formula is C22H36Cl2N6O4. The number of carboxylic acids is 2. The van der Waals surface area contributed by atoms with Crippen LogP contribution in [0.1, 0.15) is 75.6 Å². The van der Waals surface area contributed by atoms with Crippen molar-refractivity contribution in [3.05, 3.63) is 5.82 Å². The summed E-state index contributed by atoms with van der Waals surface area (Å²) in [4.78, 5) is 27.2. The van der Waals surface area contributed by atoms with E-state index in [2.05, 4.69) is 25.6 Å². The second-order valence-electron chi connectivity index (χ2n) is 10.4. The van der Waals surface area contributed by atoms with Crippen molar-refractivity contribution in [1.82, 2.24) is 30.4 Å². The van der Waals surface area contributed by atoms with E-state index in [1.54, 1.807) is 4.80 Å². The molecular weight excluding hydrogens is 483 g/mol. The maximum atomic E-state index is 12.0. The van der Waals surface area contributed by atoms with Crippen LogP contribution < -0.4 is 5.32 Å². The zero-order chi connectivity index (χ0) is 22.2. The molecule has 3 heterocycles. The number of piperidine rings is 1. The van der Waals surface area contributed by atoms with Gasteiger partial charge >= 0.3 is 11.9 Å². The Labute approximate surface area is 212 Å². The molecule has 0 unspecified atom stereocenters. The molecule has 1 aromatic rings. The SMILES string of the molecule is Cl.Cl.O=C(O)[C@@H]1C[C@H]2C[C@@H](CN3C[C@@H](n4nnc(C5CCCC5)n4)C[C@H]3C(=O)O)CC[C@H]2CN1. The predicted octanol–water partition coefficient (Wildman–Crippen LogP) is 2.35. The number of hydrogen-bond acceptors (Lipinski definition) is 7. The fraction of sp³-hybridized carbons (Fsp3) is 0.864. The first-order valence-corrected chi connectivity index (χ1v) is 12.2. The van der Waals surface area contributed by atoms with Crippen LogP contribution in [-0.2, 0) is 9.59 Å². The summed E-state index contributed by atoms with van der Waals surface area (Å²) in [7, 11) is 0. The molecule has 12 heteroatoms. The average molecular weight is 519 g/mol. The lowest BCUT2D eigenvalue weighted by atomic mass is 9.69. The van der Waals surface area contributed by atoms with Gasteiger partial charge in [0.1, 0.15) is 12.1 Å². The van der Waals surface area contributed by atoms with Gasteiger partial charge < -0.3 is 15.5 Å². The number of likely N-dealkylation sites (tertiary alicyclic amines) is 1. The van der Waals surface area contributed by atoms with E-state index in [1.165, 1.54) is 12.8 Å². The third-order valence-corrected chi connectivity index (χ3v) is 8.36. The number of aromatic nitrogens is 4. The number of carboxylic acid groups (broad SMARTS) is 2.